The number of carbonyl (C=O) groups excluding carboxylic acids is 1. The molecule has 0 radical (unpaired) electrons. The van der Waals surface area contributed by atoms with E-state index >= 15 is 0 Å². The Labute approximate surface area is 109 Å². The van der Waals surface area contributed by atoms with Gasteiger partial charge in [-0.2, -0.15) is 0 Å². The van der Waals surface area contributed by atoms with Crippen molar-refractivity contribution >= 4 is 5.78 Å². The number of Topliss-reactive ketones (excluding diaryl/α,β-unsaturated/α-hetero) is 1. The standard InChI is InChI=1S/C15H12F2O2/c1-9(18)11-5-3-4-6-12(11)15-13(16)7-10(19-2)8-14(15)17/h3-8H,1-2H3. The molecule has 0 aliphatic rings. The first-order valence-corrected chi connectivity index (χ1v) is 5.68. The lowest BCUT2D eigenvalue weighted by Crippen LogP contribution is -2.00. The smallest absolute Gasteiger partial charge is 0.160 e. The molecule has 2 aromatic carbocycles. The lowest BCUT2D eigenvalue weighted by Gasteiger charge is -2.10. The van der Waals surface area contributed by atoms with Gasteiger partial charge in [-0.3, -0.25) is 4.79 Å². The van der Waals surface area contributed by atoms with Gasteiger partial charge in [-0.1, -0.05) is 24.3 Å². The van der Waals surface area contributed by atoms with Crippen LogP contribution in [0.2, 0.25) is 0 Å². The Morgan fingerprint density at radius 2 is 1.68 bits per heavy atom. The number of hydrogen-bond acceptors (Lipinski definition) is 2. The van der Waals surface area contributed by atoms with Crippen LogP contribution in [0.5, 0.6) is 5.75 Å². The zero-order valence-electron chi connectivity index (χ0n) is 10.5. The van der Waals surface area contributed by atoms with Crippen LogP contribution in [0, 0.1) is 11.6 Å². The number of ketones is 1. The van der Waals surface area contributed by atoms with Crippen molar-refractivity contribution in [1.29, 1.82) is 0 Å². The average Bonchev–Trinajstić information content (AvgIpc) is 2.38. The second-order valence-corrected chi connectivity index (χ2v) is 4.07. The van der Waals surface area contributed by atoms with Crippen LogP contribution in [-0.4, -0.2) is 12.9 Å². The van der Waals surface area contributed by atoms with Crippen LogP contribution in [0.25, 0.3) is 11.1 Å². The van der Waals surface area contributed by atoms with Crippen LogP contribution in [0.4, 0.5) is 8.78 Å². The minimum Gasteiger partial charge on any atom is -0.497 e. The minimum absolute atomic E-state index is 0.0963. The molecule has 0 aromatic heterocycles. The molecule has 0 bridgehead atoms. The van der Waals surface area contributed by atoms with Crippen molar-refractivity contribution in [3.8, 4) is 16.9 Å². The average molecular weight is 262 g/mol. The van der Waals surface area contributed by atoms with Gasteiger partial charge >= 0.3 is 0 Å². The summed E-state index contributed by atoms with van der Waals surface area (Å²) in [5.41, 5.74) is 0.310. The summed E-state index contributed by atoms with van der Waals surface area (Å²) < 4.78 is 32.8. The van der Waals surface area contributed by atoms with E-state index in [1.54, 1.807) is 18.2 Å². The summed E-state index contributed by atoms with van der Waals surface area (Å²) in [5.74, 6) is -1.67. The largest absolute Gasteiger partial charge is 0.497 e. The number of methoxy groups -OCH3 is 1. The third-order valence-electron chi connectivity index (χ3n) is 2.83. The SMILES string of the molecule is COc1cc(F)c(-c2ccccc2C(C)=O)c(F)c1. The predicted molar refractivity (Wildman–Crippen MR) is 68.4 cm³/mol. The lowest BCUT2D eigenvalue weighted by atomic mass is 9.96. The van der Waals surface area contributed by atoms with E-state index in [2.05, 4.69) is 0 Å². The summed E-state index contributed by atoms with van der Waals surface area (Å²) in [6.45, 7) is 1.36. The molecular formula is C15H12F2O2. The van der Waals surface area contributed by atoms with Gasteiger partial charge in [-0.25, -0.2) is 8.78 Å². The van der Waals surface area contributed by atoms with Crippen molar-refractivity contribution in [2.75, 3.05) is 7.11 Å². The van der Waals surface area contributed by atoms with Gasteiger partial charge in [0.1, 0.15) is 17.4 Å². The molecule has 0 heterocycles. The number of benzene rings is 2. The highest BCUT2D eigenvalue weighted by Crippen LogP contribution is 2.32. The molecule has 2 nitrogen and oxygen atoms in total. The summed E-state index contributed by atoms with van der Waals surface area (Å²) in [6.07, 6.45) is 0. The number of hydrogen-bond donors (Lipinski definition) is 0. The Kier molecular flexibility index (Phi) is 3.60. The van der Waals surface area contributed by atoms with E-state index < -0.39 is 11.6 Å². The highest BCUT2D eigenvalue weighted by molar-refractivity contribution is 6.00. The number of rotatable bonds is 3. The van der Waals surface area contributed by atoms with Gasteiger partial charge in [0.2, 0.25) is 0 Å². The molecule has 0 amide bonds. The summed E-state index contributed by atoms with van der Waals surface area (Å²) in [4.78, 5) is 11.5. The third-order valence-corrected chi connectivity index (χ3v) is 2.83. The molecule has 19 heavy (non-hydrogen) atoms. The third kappa shape index (κ3) is 2.47. The molecule has 98 valence electrons. The zero-order valence-corrected chi connectivity index (χ0v) is 10.5. The van der Waals surface area contributed by atoms with Gasteiger partial charge in [0.25, 0.3) is 0 Å². The van der Waals surface area contributed by atoms with E-state index in [-0.39, 0.29) is 28.2 Å². The van der Waals surface area contributed by atoms with Crippen LogP contribution in [0.1, 0.15) is 17.3 Å². The van der Waals surface area contributed by atoms with E-state index in [1.807, 2.05) is 0 Å². The molecular weight excluding hydrogens is 250 g/mol. The molecule has 2 rings (SSSR count). The Bertz CT molecular complexity index is 613. The van der Waals surface area contributed by atoms with Gasteiger partial charge in [0.15, 0.2) is 5.78 Å². The monoisotopic (exact) mass is 262 g/mol. The highest BCUT2D eigenvalue weighted by atomic mass is 19.1. The van der Waals surface area contributed by atoms with Crippen molar-refractivity contribution < 1.29 is 18.3 Å². The van der Waals surface area contributed by atoms with Crippen LogP contribution < -0.4 is 4.74 Å². The molecule has 0 fully saturated rings. The van der Waals surface area contributed by atoms with Gasteiger partial charge < -0.3 is 4.74 Å². The molecule has 0 N–H and O–H groups in total. The summed E-state index contributed by atoms with van der Waals surface area (Å²) in [6, 6.07) is 8.53. The van der Waals surface area contributed by atoms with Crippen molar-refractivity contribution in [2.45, 2.75) is 6.92 Å². The Morgan fingerprint density at radius 3 is 2.21 bits per heavy atom. The fourth-order valence-corrected chi connectivity index (χ4v) is 1.93. The van der Waals surface area contributed by atoms with Crippen molar-refractivity contribution in [3.63, 3.8) is 0 Å². The lowest BCUT2D eigenvalue weighted by molar-refractivity contribution is 0.101. The quantitative estimate of drug-likeness (QED) is 0.785. The van der Waals surface area contributed by atoms with E-state index in [9.17, 15) is 13.6 Å². The maximum Gasteiger partial charge on any atom is 0.160 e. The highest BCUT2D eigenvalue weighted by Gasteiger charge is 2.18. The fourth-order valence-electron chi connectivity index (χ4n) is 1.93. The number of halogens is 2. The molecule has 0 atom stereocenters. The molecule has 0 unspecified atom stereocenters. The van der Waals surface area contributed by atoms with Crippen LogP contribution in [-0.2, 0) is 0 Å². The Hall–Kier alpha value is -2.23. The Balaban J connectivity index is 2.69. The molecule has 0 spiro atoms. The predicted octanol–water partition coefficient (Wildman–Crippen LogP) is 3.84. The van der Waals surface area contributed by atoms with Crippen LogP contribution in [0.3, 0.4) is 0 Å². The normalized spacial score (nSPS) is 10.3. The van der Waals surface area contributed by atoms with Gasteiger partial charge in [0, 0.05) is 17.7 Å². The number of carbonyl (C=O) groups is 1. The van der Waals surface area contributed by atoms with Crippen molar-refractivity contribution in [1.82, 2.24) is 0 Å². The molecule has 2 aromatic rings. The second kappa shape index (κ2) is 5.18. The van der Waals surface area contributed by atoms with E-state index in [1.165, 1.54) is 20.1 Å². The first-order valence-electron chi connectivity index (χ1n) is 5.68. The van der Waals surface area contributed by atoms with Crippen molar-refractivity contribution in [2.24, 2.45) is 0 Å². The maximum absolute atomic E-state index is 14.0. The molecule has 0 aliphatic carbocycles. The molecule has 0 aliphatic heterocycles. The van der Waals surface area contributed by atoms with E-state index in [4.69, 9.17) is 4.74 Å². The zero-order chi connectivity index (χ0) is 14.0. The summed E-state index contributed by atoms with van der Waals surface area (Å²) >= 11 is 0. The Morgan fingerprint density at radius 1 is 1.11 bits per heavy atom. The first-order chi connectivity index (χ1) is 9.04. The molecule has 4 heteroatoms. The summed E-state index contributed by atoms with van der Waals surface area (Å²) in [5, 5.41) is 0. The van der Waals surface area contributed by atoms with Gasteiger partial charge in [-0.05, 0) is 12.5 Å². The number of ether oxygens (including phenoxy) is 1. The van der Waals surface area contributed by atoms with Gasteiger partial charge in [0.05, 0.1) is 12.7 Å². The molecule has 0 saturated heterocycles. The summed E-state index contributed by atoms with van der Waals surface area (Å²) in [7, 11) is 1.33. The van der Waals surface area contributed by atoms with Crippen LogP contribution in [0.15, 0.2) is 36.4 Å². The van der Waals surface area contributed by atoms with Crippen LogP contribution >= 0.6 is 0 Å². The van der Waals surface area contributed by atoms with Crippen molar-refractivity contribution in [3.05, 3.63) is 53.6 Å². The second-order valence-electron chi connectivity index (χ2n) is 4.07. The minimum atomic E-state index is -0.759. The molecule has 0 saturated carbocycles. The first kappa shape index (κ1) is 13.2. The van der Waals surface area contributed by atoms with Gasteiger partial charge in [-0.15, -0.1) is 0 Å². The maximum atomic E-state index is 14.0. The van der Waals surface area contributed by atoms with E-state index in [0.29, 0.717) is 0 Å². The fraction of sp³-hybridized carbons (Fsp3) is 0.133. The van der Waals surface area contributed by atoms with E-state index in [0.717, 1.165) is 12.1 Å². The topological polar surface area (TPSA) is 26.3 Å².